The van der Waals surface area contributed by atoms with E-state index in [2.05, 4.69) is 40.5 Å². The molecule has 2 heteroatoms. The van der Waals surface area contributed by atoms with Gasteiger partial charge in [-0.15, -0.1) is 0 Å². The molecule has 0 saturated carbocycles. The molecule has 1 aromatic carbocycles. The summed E-state index contributed by atoms with van der Waals surface area (Å²) in [7, 11) is 0. The normalized spacial score (nSPS) is 16.9. The van der Waals surface area contributed by atoms with E-state index >= 15 is 0 Å². The van der Waals surface area contributed by atoms with Gasteiger partial charge in [0.2, 0.25) is 0 Å². The molecule has 0 aliphatic carbocycles. The largest absolute Gasteiger partial charge is 0.385 e. The smallest absolute Gasteiger partial charge is 0.0340 e. The Balaban J connectivity index is 1.51. The second kappa shape index (κ2) is 7.33. The third-order valence-corrected chi connectivity index (χ3v) is 3.45. The van der Waals surface area contributed by atoms with Crippen molar-refractivity contribution in [2.75, 3.05) is 31.5 Å². The van der Waals surface area contributed by atoms with Gasteiger partial charge >= 0.3 is 0 Å². The number of anilines is 1. The first-order valence-electron chi connectivity index (χ1n) is 6.96. The Kier molecular flexibility index (Phi) is 5.37. The van der Waals surface area contributed by atoms with Crippen LogP contribution in [0.4, 0.5) is 5.69 Å². The molecule has 0 spiro atoms. The van der Waals surface area contributed by atoms with Crippen molar-refractivity contribution in [2.24, 2.45) is 0 Å². The van der Waals surface area contributed by atoms with Crippen LogP contribution in [0.3, 0.4) is 0 Å². The van der Waals surface area contributed by atoms with Crippen molar-refractivity contribution in [2.45, 2.75) is 32.1 Å². The maximum absolute atomic E-state index is 3.46. The van der Waals surface area contributed by atoms with Crippen LogP contribution < -0.4 is 5.32 Å². The van der Waals surface area contributed by atoms with E-state index in [9.17, 15) is 0 Å². The zero-order valence-electron chi connectivity index (χ0n) is 10.7. The molecular weight excluding hydrogens is 208 g/mol. The Bertz CT molecular complexity index is 291. The minimum atomic E-state index is 1.10. The molecule has 2 rings (SSSR count). The number of benzene rings is 1. The van der Waals surface area contributed by atoms with Gasteiger partial charge in [0, 0.05) is 12.2 Å². The number of nitrogens with one attached hydrogen (secondary N) is 1. The van der Waals surface area contributed by atoms with Crippen LogP contribution in [-0.2, 0) is 0 Å². The Hall–Kier alpha value is -1.02. The van der Waals surface area contributed by atoms with Crippen molar-refractivity contribution in [3.05, 3.63) is 30.3 Å². The zero-order valence-corrected chi connectivity index (χ0v) is 10.7. The second-order valence-electron chi connectivity index (χ2n) is 4.90. The number of rotatable bonds is 6. The second-order valence-corrected chi connectivity index (χ2v) is 4.90. The molecule has 0 atom stereocenters. The fraction of sp³-hybridized carbons (Fsp3) is 0.600. The lowest BCUT2D eigenvalue weighted by Crippen LogP contribution is -2.30. The molecular formula is C15H24N2. The minimum absolute atomic E-state index is 1.10. The summed E-state index contributed by atoms with van der Waals surface area (Å²) in [6.45, 7) is 5.03. The van der Waals surface area contributed by atoms with Crippen LogP contribution in [0.5, 0.6) is 0 Å². The van der Waals surface area contributed by atoms with Crippen molar-refractivity contribution >= 4 is 5.69 Å². The van der Waals surface area contributed by atoms with E-state index in [1.807, 2.05) is 0 Å². The van der Waals surface area contributed by atoms with Crippen molar-refractivity contribution in [1.82, 2.24) is 4.90 Å². The van der Waals surface area contributed by atoms with E-state index in [1.54, 1.807) is 0 Å². The predicted octanol–water partition coefficient (Wildman–Crippen LogP) is 3.36. The Labute approximate surface area is 105 Å². The highest BCUT2D eigenvalue weighted by Gasteiger charge is 2.08. The van der Waals surface area contributed by atoms with Gasteiger partial charge in [0.1, 0.15) is 0 Å². The molecule has 0 amide bonds. The Morgan fingerprint density at radius 1 is 0.941 bits per heavy atom. The van der Waals surface area contributed by atoms with Gasteiger partial charge in [-0.2, -0.15) is 0 Å². The van der Waals surface area contributed by atoms with Crippen LogP contribution in [0.1, 0.15) is 32.1 Å². The lowest BCUT2D eigenvalue weighted by Gasteiger charge is -2.26. The number of para-hydroxylation sites is 1. The Morgan fingerprint density at radius 3 is 2.47 bits per heavy atom. The summed E-state index contributed by atoms with van der Waals surface area (Å²) < 4.78 is 0. The molecule has 1 saturated heterocycles. The third-order valence-electron chi connectivity index (χ3n) is 3.45. The molecule has 1 aliphatic heterocycles. The van der Waals surface area contributed by atoms with Crippen molar-refractivity contribution < 1.29 is 0 Å². The molecule has 1 heterocycles. The van der Waals surface area contributed by atoms with Gasteiger partial charge in [0.25, 0.3) is 0 Å². The van der Waals surface area contributed by atoms with Gasteiger partial charge in [-0.05, 0) is 57.5 Å². The standard InChI is InChI=1S/C15H24N2/c1-3-9-15(10-4-1)16-11-5-8-14-17-12-6-2-7-13-17/h1,3-4,9-10,16H,2,5-8,11-14H2. The molecule has 0 radical (unpaired) electrons. The number of hydrogen-bond donors (Lipinski definition) is 1. The maximum atomic E-state index is 3.46. The lowest BCUT2D eigenvalue weighted by molar-refractivity contribution is 0.225. The summed E-state index contributed by atoms with van der Waals surface area (Å²) in [4.78, 5) is 2.62. The Morgan fingerprint density at radius 2 is 1.71 bits per heavy atom. The van der Waals surface area contributed by atoms with Crippen LogP contribution in [0.15, 0.2) is 30.3 Å². The first kappa shape index (κ1) is 12.4. The summed E-state index contributed by atoms with van der Waals surface area (Å²) in [5.41, 5.74) is 1.24. The van der Waals surface area contributed by atoms with Crippen molar-refractivity contribution in [1.29, 1.82) is 0 Å². The van der Waals surface area contributed by atoms with E-state index in [-0.39, 0.29) is 0 Å². The van der Waals surface area contributed by atoms with E-state index in [0.717, 1.165) is 6.54 Å². The molecule has 0 unspecified atom stereocenters. The molecule has 94 valence electrons. The summed E-state index contributed by atoms with van der Waals surface area (Å²) in [6.07, 6.45) is 6.84. The highest BCUT2D eigenvalue weighted by atomic mass is 15.1. The van der Waals surface area contributed by atoms with Crippen LogP contribution in [0.2, 0.25) is 0 Å². The number of likely N-dealkylation sites (tertiary alicyclic amines) is 1. The highest BCUT2D eigenvalue weighted by molar-refractivity contribution is 5.42. The molecule has 17 heavy (non-hydrogen) atoms. The quantitative estimate of drug-likeness (QED) is 0.757. The van der Waals surface area contributed by atoms with Crippen molar-refractivity contribution in [3.63, 3.8) is 0 Å². The lowest BCUT2D eigenvalue weighted by atomic mass is 10.1. The maximum Gasteiger partial charge on any atom is 0.0340 e. The van der Waals surface area contributed by atoms with E-state index in [0.29, 0.717) is 0 Å². The number of piperidine rings is 1. The van der Waals surface area contributed by atoms with Gasteiger partial charge in [0.05, 0.1) is 0 Å². The number of hydrogen-bond acceptors (Lipinski definition) is 2. The fourth-order valence-corrected chi connectivity index (χ4v) is 2.43. The molecule has 1 N–H and O–H groups in total. The molecule has 0 bridgehead atoms. The summed E-state index contributed by atoms with van der Waals surface area (Å²) in [6, 6.07) is 10.5. The highest BCUT2D eigenvalue weighted by Crippen LogP contribution is 2.10. The SMILES string of the molecule is c1ccc(NCCCCN2CCCCC2)cc1. The molecule has 0 aromatic heterocycles. The third kappa shape index (κ3) is 4.78. The molecule has 1 aromatic rings. The van der Waals surface area contributed by atoms with E-state index < -0.39 is 0 Å². The predicted molar refractivity (Wildman–Crippen MR) is 74.5 cm³/mol. The minimum Gasteiger partial charge on any atom is -0.385 e. The fourth-order valence-electron chi connectivity index (χ4n) is 2.43. The van der Waals surface area contributed by atoms with Crippen LogP contribution >= 0.6 is 0 Å². The first-order valence-corrected chi connectivity index (χ1v) is 6.96. The van der Waals surface area contributed by atoms with Crippen LogP contribution in [0.25, 0.3) is 0 Å². The van der Waals surface area contributed by atoms with Gasteiger partial charge < -0.3 is 10.2 Å². The molecule has 1 aliphatic rings. The zero-order chi connectivity index (χ0) is 11.8. The molecule has 2 nitrogen and oxygen atoms in total. The molecule has 1 fully saturated rings. The summed E-state index contributed by atoms with van der Waals surface area (Å²) in [5.74, 6) is 0. The summed E-state index contributed by atoms with van der Waals surface area (Å²) >= 11 is 0. The van der Waals surface area contributed by atoms with Crippen LogP contribution in [-0.4, -0.2) is 31.1 Å². The van der Waals surface area contributed by atoms with E-state index in [1.165, 1.54) is 57.4 Å². The summed E-state index contributed by atoms with van der Waals surface area (Å²) in [5, 5.41) is 3.46. The first-order chi connectivity index (χ1) is 8.45. The van der Waals surface area contributed by atoms with Gasteiger partial charge in [-0.1, -0.05) is 24.6 Å². The van der Waals surface area contributed by atoms with Gasteiger partial charge in [0.15, 0.2) is 0 Å². The average molecular weight is 232 g/mol. The topological polar surface area (TPSA) is 15.3 Å². The van der Waals surface area contributed by atoms with Crippen molar-refractivity contribution in [3.8, 4) is 0 Å². The number of unbranched alkanes of at least 4 members (excludes halogenated alkanes) is 1. The van der Waals surface area contributed by atoms with E-state index in [4.69, 9.17) is 0 Å². The van der Waals surface area contributed by atoms with Gasteiger partial charge in [-0.25, -0.2) is 0 Å². The monoisotopic (exact) mass is 232 g/mol. The van der Waals surface area contributed by atoms with Crippen LogP contribution in [0, 0.1) is 0 Å². The average Bonchev–Trinajstić information content (AvgIpc) is 2.41. The van der Waals surface area contributed by atoms with Gasteiger partial charge in [-0.3, -0.25) is 0 Å². The number of nitrogens with zero attached hydrogens (tertiary/aromatic N) is 1.